The van der Waals surface area contributed by atoms with Gasteiger partial charge in [0.05, 0.1) is 0 Å². The van der Waals surface area contributed by atoms with Crippen molar-refractivity contribution in [2.45, 2.75) is 6.42 Å². The topological polar surface area (TPSA) is 61.7 Å². The molecule has 168 valence electrons. The van der Waals surface area contributed by atoms with Gasteiger partial charge in [0.1, 0.15) is 23.9 Å². The predicted octanol–water partition coefficient (Wildman–Crippen LogP) is 6.44. The molecular formula is C30H25NO3. The highest BCUT2D eigenvalue weighted by Crippen LogP contribution is 2.34. The Kier molecular flexibility index (Phi) is 6.04. The summed E-state index contributed by atoms with van der Waals surface area (Å²) in [4.78, 5) is 0. The van der Waals surface area contributed by atoms with Gasteiger partial charge < -0.3 is 20.3 Å². The zero-order valence-electron chi connectivity index (χ0n) is 18.6. The van der Waals surface area contributed by atoms with Gasteiger partial charge in [-0.15, -0.1) is 0 Å². The van der Waals surface area contributed by atoms with Crippen molar-refractivity contribution < 1.29 is 14.9 Å². The molecule has 4 nitrogen and oxygen atoms in total. The highest BCUT2D eigenvalue weighted by molar-refractivity contribution is 5.93. The van der Waals surface area contributed by atoms with Crippen molar-refractivity contribution >= 4 is 10.8 Å². The van der Waals surface area contributed by atoms with E-state index in [9.17, 15) is 10.2 Å². The van der Waals surface area contributed by atoms with Crippen LogP contribution in [-0.4, -0.2) is 16.8 Å². The van der Waals surface area contributed by atoms with Crippen molar-refractivity contribution in [1.82, 2.24) is 5.32 Å². The first-order valence-corrected chi connectivity index (χ1v) is 11.2. The van der Waals surface area contributed by atoms with Crippen LogP contribution in [0.1, 0.15) is 11.1 Å². The number of aromatic hydroxyl groups is 2. The number of nitrogens with one attached hydrogen (secondary N) is 1. The van der Waals surface area contributed by atoms with Crippen molar-refractivity contribution in [1.29, 1.82) is 0 Å². The number of ether oxygens (including phenoxy) is 1. The van der Waals surface area contributed by atoms with Gasteiger partial charge in [-0.1, -0.05) is 48.5 Å². The molecular weight excluding hydrogens is 422 g/mol. The molecule has 0 saturated heterocycles. The molecule has 1 aliphatic heterocycles. The van der Waals surface area contributed by atoms with Crippen molar-refractivity contribution in [2.75, 3.05) is 6.61 Å². The van der Waals surface area contributed by atoms with Gasteiger partial charge in [-0.25, -0.2) is 0 Å². The summed E-state index contributed by atoms with van der Waals surface area (Å²) in [6, 6.07) is 25.1. The summed E-state index contributed by atoms with van der Waals surface area (Å²) < 4.78 is 5.96. The molecule has 0 saturated carbocycles. The number of allylic oxidation sites excluding steroid dienone is 2. The summed E-state index contributed by atoms with van der Waals surface area (Å²) in [6.45, 7) is 0.500. The number of hydrogen-bond acceptors (Lipinski definition) is 4. The van der Waals surface area contributed by atoms with Crippen LogP contribution in [0.3, 0.4) is 0 Å². The van der Waals surface area contributed by atoms with E-state index in [1.807, 2.05) is 67.0 Å². The van der Waals surface area contributed by atoms with Crippen molar-refractivity contribution in [2.24, 2.45) is 0 Å². The van der Waals surface area contributed by atoms with E-state index < -0.39 is 0 Å². The minimum absolute atomic E-state index is 0.244. The third-order valence-electron chi connectivity index (χ3n) is 5.90. The van der Waals surface area contributed by atoms with Crippen LogP contribution in [0.2, 0.25) is 0 Å². The van der Waals surface area contributed by atoms with Crippen LogP contribution in [0.5, 0.6) is 17.2 Å². The summed E-state index contributed by atoms with van der Waals surface area (Å²) in [5.74, 6) is 1.32. The van der Waals surface area contributed by atoms with Gasteiger partial charge >= 0.3 is 0 Å². The Morgan fingerprint density at radius 2 is 1.56 bits per heavy atom. The molecule has 1 aliphatic rings. The Labute approximate surface area is 198 Å². The third-order valence-corrected chi connectivity index (χ3v) is 5.90. The Morgan fingerprint density at radius 1 is 0.765 bits per heavy atom. The number of phenols is 2. The van der Waals surface area contributed by atoms with Crippen LogP contribution < -0.4 is 10.1 Å². The summed E-state index contributed by atoms with van der Waals surface area (Å²) in [5.41, 5.74) is 5.56. The quantitative estimate of drug-likeness (QED) is 0.318. The van der Waals surface area contributed by atoms with E-state index in [1.54, 1.807) is 24.3 Å². The van der Waals surface area contributed by atoms with E-state index >= 15 is 0 Å². The van der Waals surface area contributed by atoms with Crippen molar-refractivity contribution in [3.8, 4) is 28.4 Å². The van der Waals surface area contributed by atoms with Gasteiger partial charge in [-0.05, 0) is 93.6 Å². The van der Waals surface area contributed by atoms with Crippen molar-refractivity contribution in [3.63, 3.8) is 0 Å². The molecule has 4 aromatic carbocycles. The minimum Gasteiger partial charge on any atom is -0.508 e. The monoisotopic (exact) mass is 447 g/mol. The van der Waals surface area contributed by atoms with Gasteiger partial charge in [0.25, 0.3) is 0 Å². The predicted molar refractivity (Wildman–Crippen MR) is 137 cm³/mol. The van der Waals surface area contributed by atoms with Crippen LogP contribution in [0.15, 0.2) is 115 Å². The summed E-state index contributed by atoms with van der Waals surface area (Å²) in [6.07, 6.45) is 10.5. The second-order valence-corrected chi connectivity index (χ2v) is 8.25. The van der Waals surface area contributed by atoms with Crippen LogP contribution in [0.25, 0.3) is 21.9 Å². The van der Waals surface area contributed by atoms with Gasteiger partial charge in [0.2, 0.25) is 0 Å². The maximum atomic E-state index is 9.96. The van der Waals surface area contributed by atoms with Crippen LogP contribution in [0.4, 0.5) is 0 Å². The fraction of sp³-hybridized carbons (Fsp3) is 0.0667. The summed E-state index contributed by atoms with van der Waals surface area (Å²) in [7, 11) is 0. The van der Waals surface area contributed by atoms with E-state index in [1.165, 1.54) is 5.56 Å². The lowest BCUT2D eigenvalue weighted by Gasteiger charge is -2.15. The molecule has 0 amide bonds. The van der Waals surface area contributed by atoms with Gasteiger partial charge in [0.15, 0.2) is 0 Å². The second kappa shape index (κ2) is 9.59. The lowest BCUT2D eigenvalue weighted by atomic mass is 9.90. The molecule has 5 rings (SSSR count). The molecule has 0 atom stereocenters. The minimum atomic E-state index is 0.244. The number of fused-ring (bicyclic) bond motifs is 1. The Balaban J connectivity index is 1.43. The molecule has 0 unspecified atom stereocenters. The summed E-state index contributed by atoms with van der Waals surface area (Å²) >= 11 is 0. The highest BCUT2D eigenvalue weighted by atomic mass is 16.5. The van der Waals surface area contributed by atoms with E-state index in [2.05, 4.69) is 23.5 Å². The van der Waals surface area contributed by atoms with Gasteiger partial charge in [-0.2, -0.15) is 0 Å². The normalized spacial score (nSPS) is 12.8. The molecule has 0 radical (unpaired) electrons. The largest absolute Gasteiger partial charge is 0.508 e. The van der Waals surface area contributed by atoms with Crippen LogP contribution in [0, 0.1) is 0 Å². The van der Waals surface area contributed by atoms with Crippen LogP contribution in [-0.2, 0) is 6.42 Å². The zero-order valence-corrected chi connectivity index (χ0v) is 18.6. The first kappa shape index (κ1) is 21.4. The maximum absolute atomic E-state index is 9.96. The molecule has 0 aliphatic carbocycles. The molecule has 0 spiro atoms. The first-order chi connectivity index (χ1) is 16.7. The van der Waals surface area contributed by atoms with Crippen molar-refractivity contribution in [3.05, 3.63) is 126 Å². The molecule has 3 N–H and O–H groups in total. The number of rotatable bonds is 6. The van der Waals surface area contributed by atoms with E-state index in [0.29, 0.717) is 6.61 Å². The molecule has 34 heavy (non-hydrogen) atoms. The number of hydrogen-bond donors (Lipinski definition) is 3. The molecule has 0 bridgehead atoms. The fourth-order valence-electron chi connectivity index (χ4n) is 4.15. The zero-order chi connectivity index (χ0) is 23.3. The van der Waals surface area contributed by atoms with Gasteiger partial charge in [0, 0.05) is 12.4 Å². The first-order valence-electron chi connectivity index (χ1n) is 11.2. The van der Waals surface area contributed by atoms with E-state index in [-0.39, 0.29) is 11.5 Å². The maximum Gasteiger partial charge on any atom is 0.119 e. The second-order valence-electron chi connectivity index (χ2n) is 8.25. The number of benzene rings is 4. The van der Waals surface area contributed by atoms with E-state index in [0.717, 1.165) is 45.2 Å². The van der Waals surface area contributed by atoms with Crippen LogP contribution >= 0.6 is 0 Å². The lowest BCUT2D eigenvalue weighted by molar-refractivity contribution is 0.355. The summed E-state index contributed by atoms with van der Waals surface area (Å²) in [5, 5.41) is 24.8. The molecule has 4 heteroatoms. The van der Waals surface area contributed by atoms with Gasteiger partial charge in [-0.3, -0.25) is 0 Å². The molecule has 0 fully saturated rings. The smallest absolute Gasteiger partial charge is 0.119 e. The molecule has 0 aromatic heterocycles. The average molecular weight is 448 g/mol. The number of phenolic OH excluding ortho intramolecular Hbond substituents is 2. The fourth-order valence-corrected chi connectivity index (χ4v) is 4.15. The van der Waals surface area contributed by atoms with E-state index in [4.69, 9.17) is 4.74 Å². The average Bonchev–Trinajstić information content (AvgIpc) is 3.13. The lowest BCUT2D eigenvalue weighted by Crippen LogP contribution is -2.00. The Bertz CT molecular complexity index is 1400. The standard InChI is InChI=1S/C30H25NO3/c32-25-8-5-23(6-9-25)28-13-7-24-19-26(33)10-14-29(24)30(28)18-21-3-11-27(12-4-21)34-20-22-2-1-16-31-17-15-22/h1-17,19,31-33H,18,20H2. The molecule has 1 heterocycles. The third kappa shape index (κ3) is 4.81. The Morgan fingerprint density at radius 3 is 2.38 bits per heavy atom. The highest BCUT2D eigenvalue weighted by Gasteiger charge is 2.12. The molecule has 4 aromatic rings. The Hall–Kier alpha value is -4.44. The SMILES string of the molecule is Oc1ccc(-c2ccc3cc(O)ccc3c2Cc2ccc(OCC3=CC=CNC=C3)cc2)cc1.